The second-order valence-corrected chi connectivity index (χ2v) is 0.766. The van der Waals surface area contributed by atoms with Gasteiger partial charge in [0.25, 0.3) is 0 Å². The molecule has 1 heterocycles. The van der Waals surface area contributed by atoms with Gasteiger partial charge in [0, 0.05) is 12.4 Å². The predicted molar refractivity (Wildman–Crippen MR) is 25.7 cm³/mol. The van der Waals surface area contributed by atoms with E-state index in [0.29, 0.717) is 0 Å². The van der Waals surface area contributed by atoms with Crippen LogP contribution in [-0.2, 0) is 0 Å². The monoisotopic (exact) mass is 76.1 g/mol. The number of hydrogen-bond donors (Lipinski definition) is 1. The Morgan fingerprint density at radius 2 is 2.33 bits per heavy atom. The van der Waals surface area contributed by atoms with Gasteiger partial charge in [0.15, 0.2) is 0 Å². The van der Waals surface area contributed by atoms with Crippen molar-refractivity contribution in [1.82, 2.24) is 10.2 Å². The Kier molecular flexibility index (Phi) is 2.92. The topological polar surface area (TPSA) is 28.7 Å². The summed E-state index contributed by atoms with van der Waals surface area (Å²) in [6.45, 7) is 0. The van der Waals surface area contributed by atoms with E-state index in [1.807, 2.05) is 6.07 Å². The van der Waals surface area contributed by atoms with Gasteiger partial charge in [0.2, 0.25) is 0 Å². The Bertz CT molecular complexity index is 65.3. The van der Waals surface area contributed by atoms with Crippen molar-refractivity contribution in [2.45, 2.75) is 0 Å². The number of aromatic amines is 1. The first-order chi connectivity index (χ1) is 2.50. The fraction of sp³-hybridized carbons (Fsp3) is 0. The maximum absolute atomic E-state index is 3.60. The molecule has 2 nitrogen and oxygen atoms in total. The van der Waals surface area contributed by atoms with E-state index < -0.39 is 0 Å². The minimum atomic E-state index is 0. The van der Waals surface area contributed by atoms with E-state index >= 15 is 0 Å². The summed E-state index contributed by atoms with van der Waals surface area (Å²) < 4.78 is 0. The van der Waals surface area contributed by atoms with E-state index in [0.717, 1.165) is 0 Å². The third-order valence-corrected chi connectivity index (χ3v) is 0.406. The van der Waals surface area contributed by atoms with Crippen molar-refractivity contribution in [2.24, 2.45) is 0 Å². The normalized spacial score (nSPS) is 6.67. The Balaban J connectivity index is 0.000000250. The second-order valence-electron chi connectivity index (χ2n) is 0.766. The standard InChI is InChI=1S/C3H4N2.Li.H/c1-2-4-5-3-1;;/h1-3H,(H,4,5);;. The van der Waals surface area contributed by atoms with Crippen molar-refractivity contribution in [3.8, 4) is 0 Å². The molecule has 0 radical (unpaired) electrons. The Morgan fingerprint density at radius 3 is 2.50 bits per heavy atom. The molecule has 0 spiro atoms. The number of nitrogens with one attached hydrogen (secondary N) is 1. The van der Waals surface area contributed by atoms with Crippen molar-refractivity contribution in [1.29, 1.82) is 0 Å². The van der Waals surface area contributed by atoms with Gasteiger partial charge in [0.05, 0.1) is 0 Å². The molecule has 0 amide bonds. The van der Waals surface area contributed by atoms with Gasteiger partial charge in [-0.2, -0.15) is 5.10 Å². The van der Waals surface area contributed by atoms with Crippen molar-refractivity contribution >= 4 is 18.9 Å². The number of rotatable bonds is 0. The Morgan fingerprint density at radius 1 is 1.50 bits per heavy atom. The zero-order chi connectivity index (χ0) is 3.54. The van der Waals surface area contributed by atoms with Gasteiger partial charge in [-0.05, 0) is 6.07 Å². The van der Waals surface area contributed by atoms with E-state index in [1.54, 1.807) is 12.4 Å². The molecule has 0 atom stereocenters. The van der Waals surface area contributed by atoms with Gasteiger partial charge < -0.3 is 0 Å². The molecule has 1 N–H and O–H groups in total. The smallest absolute Gasteiger partial charge is 0.0487 e. The molecule has 0 aliphatic rings. The maximum Gasteiger partial charge on any atom is 0.0487 e. The van der Waals surface area contributed by atoms with Crippen LogP contribution in [0.4, 0.5) is 0 Å². The molecule has 0 saturated carbocycles. The van der Waals surface area contributed by atoms with Crippen LogP contribution >= 0.6 is 0 Å². The first-order valence-electron chi connectivity index (χ1n) is 1.44. The summed E-state index contributed by atoms with van der Waals surface area (Å²) in [5.41, 5.74) is 0. The predicted octanol–water partition coefficient (Wildman–Crippen LogP) is -0.239. The number of hydrogen-bond acceptors (Lipinski definition) is 1. The molecular weight excluding hydrogens is 71.0 g/mol. The Labute approximate surface area is 48.1 Å². The van der Waals surface area contributed by atoms with Crippen molar-refractivity contribution in [3.05, 3.63) is 18.5 Å². The zero-order valence-electron chi connectivity index (χ0n) is 2.68. The SMILES string of the molecule is [LiH].c1cn[nH]c1. The molecule has 0 aliphatic heterocycles. The summed E-state index contributed by atoms with van der Waals surface area (Å²) in [4.78, 5) is 0. The molecule has 0 fully saturated rings. The zero-order valence-corrected chi connectivity index (χ0v) is 2.68. The molecule has 1 aromatic heterocycles. The minimum Gasteiger partial charge on any atom is -0.286 e. The first kappa shape index (κ1) is 5.81. The molecule has 3 heteroatoms. The molecule has 0 saturated heterocycles. The van der Waals surface area contributed by atoms with Gasteiger partial charge in [-0.1, -0.05) is 0 Å². The van der Waals surface area contributed by atoms with Crippen molar-refractivity contribution < 1.29 is 0 Å². The number of nitrogens with zero attached hydrogens (tertiary/aromatic N) is 1. The van der Waals surface area contributed by atoms with Crippen LogP contribution in [-0.4, -0.2) is 29.1 Å². The van der Waals surface area contributed by atoms with Crippen LogP contribution in [0, 0.1) is 0 Å². The largest absolute Gasteiger partial charge is 0.286 e. The summed E-state index contributed by atoms with van der Waals surface area (Å²) in [7, 11) is 0. The van der Waals surface area contributed by atoms with E-state index in [2.05, 4.69) is 10.2 Å². The fourth-order valence-electron chi connectivity index (χ4n) is 0.215. The molecule has 0 aromatic carbocycles. The summed E-state index contributed by atoms with van der Waals surface area (Å²) >= 11 is 0. The van der Waals surface area contributed by atoms with Gasteiger partial charge in [-0.15, -0.1) is 0 Å². The molecule has 0 unspecified atom stereocenters. The summed E-state index contributed by atoms with van der Waals surface area (Å²) in [6, 6.07) is 1.83. The van der Waals surface area contributed by atoms with E-state index in [1.165, 1.54) is 0 Å². The molecule has 0 bridgehead atoms. The fourth-order valence-corrected chi connectivity index (χ4v) is 0.215. The second kappa shape index (κ2) is 3.02. The summed E-state index contributed by atoms with van der Waals surface area (Å²) in [5.74, 6) is 0. The third kappa shape index (κ3) is 1.30. The van der Waals surface area contributed by atoms with Crippen LogP contribution in [0.25, 0.3) is 0 Å². The average molecular weight is 76.0 g/mol. The van der Waals surface area contributed by atoms with E-state index in [4.69, 9.17) is 0 Å². The maximum atomic E-state index is 3.60. The van der Waals surface area contributed by atoms with E-state index in [-0.39, 0.29) is 18.9 Å². The molecule has 6 heavy (non-hydrogen) atoms. The van der Waals surface area contributed by atoms with Gasteiger partial charge >= 0.3 is 18.9 Å². The average Bonchev–Trinajstić information content (AvgIpc) is 1.76. The molecule has 28 valence electrons. The quantitative estimate of drug-likeness (QED) is 0.424. The van der Waals surface area contributed by atoms with E-state index in [9.17, 15) is 0 Å². The van der Waals surface area contributed by atoms with Gasteiger partial charge in [-0.25, -0.2) is 0 Å². The first-order valence-corrected chi connectivity index (χ1v) is 1.44. The summed E-state index contributed by atoms with van der Waals surface area (Å²) in [6.07, 6.45) is 3.46. The number of aromatic nitrogens is 2. The number of H-pyrrole nitrogens is 1. The Hall–Kier alpha value is -0.193. The molecule has 1 rings (SSSR count). The van der Waals surface area contributed by atoms with Crippen LogP contribution in [0.15, 0.2) is 18.5 Å². The van der Waals surface area contributed by atoms with Gasteiger partial charge in [0.1, 0.15) is 0 Å². The summed E-state index contributed by atoms with van der Waals surface area (Å²) in [5, 5.41) is 6.21. The van der Waals surface area contributed by atoms with Crippen molar-refractivity contribution in [2.75, 3.05) is 0 Å². The third-order valence-electron chi connectivity index (χ3n) is 0.406. The van der Waals surface area contributed by atoms with Crippen LogP contribution in [0.5, 0.6) is 0 Å². The molecule has 1 aromatic rings. The van der Waals surface area contributed by atoms with Crippen LogP contribution in [0.2, 0.25) is 0 Å². The van der Waals surface area contributed by atoms with Crippen LogP contribution in [0.3, 0.4) is 0 Å². The van der Waals surface area contributed by atoms with Crippen LogP contribution in [0.1, 0.15) is 0 Å². The molecular formula is C3H5LiN2. The molecule has 0 aliphatic carbocycles. The van der Waals surface area contributed by atoms with Crippen LogP contribution < -0.4 is 0 Å². The van der Waals surface area contributed by atoms with Gasteiger partial charge in [-0.3, -0.25) is 5.10 Å². The van der Waals surface area contributed by atoms with Crippen molar-refractivity contribution in [3.63, 3.8) is 0 Å². The minimum absolute atomic E-state index is 0.